The predicted molar refractivity (Wildman–Crippen MR) is 116 cm³/mol. The quantitative estimate of drug-likeness (QED) is 0.558. The summed E-state index contributed by atoms with van der Waals surface area (Å²) < 4.78 is 2.83. The number of carbonyl (C=O) groups is 1. The Morgan fingerprint density at radius 1 is 1.21 bits per heavy atom. The number of benzene rings is 1. The second kappa shape index (κ2) is 7.76. The number of halogens is 1. The average molecular weight is 468 g/mol. The van der Waals surface area contributed by atoms with Crippen LogP contribution in [0.1, 0.15) is 36.6 Å². The third kappa shape index (κ3) is 3.62. The lowest BCUT2D eigenvalue weighted by molar-refractivity contribution is -0.116. The van der Waals surface area contributed by atoms with Crippen molar-refractivity contribution in [3.8, 4) is 0 Å². The Morgan fingerprint density at radius 3 is 2.97 bits per heavy atom. The molecule has 0 amide bonds. The van der Waals surface area contributed by atoms with Gasteiger partial charge < -0.3 is 5.32 Å². The molecule has 1 aromatic carbocycles. The number of aromatic nitrogens is 4. The molecule has 2 aliphatic rings. The normalized spacial score (nSPS) is 18.2. The number of ketones is 1. The highest BCUT2D eigenvalue weighted by Crippen LogP contribution is 2.41. The van der Waals surface area contributed by atoms with Crippen LogP contribution in [-0.2, 0) is 10.5 Å². The standard InChI is InChI=1S/C21H18BrN5OS/c22-14-6-3-5-13(11-14)19-18-16(8-4-9-17(18)28)24-20-25-21(26-27(19)20)29-12-15-7-1-2-10-23-15/h1-3,5-7,10-11,19H,4,8-9,12H2,(H,24,25,26)/t19-/m1/s1. The minimum atomic E-state index is -0.261. The Bertz CT molecular complexity index is 1110. The van der Waals surface area contributed by atoms with Crippen LogP contribution in [0.4, 0.5) is 5.95 Å². The van der Waals surface area contributed by atoms with Gasteiger partial charge in [-0.05, 0) is 42.7 Å². The van der Waals surface area contributed by atoms with Gasteiger partial charge in [0.2, 0.25) is 11.1 Å². The van der Waals surface area contributed by atoms with Crippen LogP contribution in [0.3, 0.4) is 0 Å². The monoisotopic (exact) mass is 467 g/mol. The molecule has 5 rings (SSSR count). The number of nitrogens with zero attached hydrogens (tertiary/aromatic N) is 4. The zero-order chi connectivity index (χ0) is 19.8. The van der Waals surface area contributed by atoms with Gasteiger partial charge in [0.15, 0.2) is 5.78 Å². The molecular weight excluding hydrogens is 450 g/mol. The van der Waals surface area contributed by atoms with Gasteiger partial charge in [0.1, 0.15) is 6.04 Å². The Balaban J connectivity index is 1.53. The number of fused-ring (bicyclic) bond motifs is 1. The summed E-state index contributed by atoms with van der Waals surface area (Å²) in [5.41, 5.74) is 3.80. The molecule has 3 aromatic rings. The van der Waals surface area contributed by atoms with E-state index in [0.29, 0.717) is 23.3 Å². The van der Waals surface area contributed by atoms with Gasteiger partial charge in [-0.25, -0.2) is 4.68 Å². The number of thioether (sulfide) groups is 1. The smallest absolute Gasteiger partial charge is 0.227 e. The van der Waals surface area contributed by atoms with Crippen LogP contribution >= 0.6 is 27.7 Å². The summed E-state index contributed by atoms with van der Waals surface area (Å²) in [4.78, 5) is 21.9. The first-order valence-corrected chi connectivity index (χ1v) is 11.2. The summed E-state index contributed by atoms with van der Waals surface area (Å²) in [6.07, 6.45) is 4.09. The number of hydrogen-bond acceptors (Lipinski definition) is 6. The molecule has 1 aliphatic carbocycles. The maximum atomic E-state index is 12.8. The van der Waals surface area contributed by atoms with E-state index in [2.05, 4.69) is 32.3 Å². The highest BCUT2D eigenvalue weighted by Gasteiger charge is 2.36. The molecule has 8 heteroatoms. The maximum absolute atomic E-state index is 12.8. The van der Waals surface area contributed by atoms with E-state index in [1.807, 2.05) is 41.1 Å². The summed E-state index contributed by atoms with van der Waals surface area (Å²) in [7, 11) is 0. The molecule has 0 saturated heterocycles. The molecular formula is C21H18BrN5OS. The van der Waals surface area contributed by atoms with E-state index in [4.69, 9.17) is 10.1 Å². The van der Waals surface area contributed by atoms with Crippen molar-refractivity contribution in [1.29, 1.82) is 0 Å². The SMILES string of the molecule is O=C1CCCC2=C1[C@@H](c1cccc(Br)c1)n1nc(SCc3ccccn3)nc1N2. The molecule has 2 aromatic heterocycles. The highest BCUT2D eigenvalue weighted by molar-refractivity contribution is 9.10. The third-order valence-electron chi connectivity index (χ3n) is 5.09. The molecule has 0 radical (unpaired) electrons. The van der Waals surface area contributed by atoms with E-state index in [9.17, 15) is 4.79 Å². The van der Waals surface area contributed by atoms with Gasteiger partial charge in [0.25, 0.3) is 0 Å². The first kappa shape index (κ1) is 18.6. The van der Waals surface area contributed by atoms with E-state index in [1.54, 1.807) is 18.0 Å². The van der Waals surface area contributed by atoms with Crippen LogP contribution in [0, 0.1) is 0 Å². The van der Waals surface area contributed by atoms with Crippen LogP contribution in [-0.4, -0.2) is 25.5 Å². The molecule has 0 saturated carbocycles. The summed E-state index contributed by atoms with van der Waals surface area (Å²) >= 11 is 5.10. The number of hydrogen-bond donors (Lipinski definition) is 1. The van der Waals surface area contributed by atoms with Crippen molar-refractivity contribution < 1.29 is 4.79 Å². The highest BCUT2D eigenvalue weighted by atomic mass is 79.9. The number of Topliss-reactive ketones (excluding diaryl/α,β-unsaturated/α-hetero) is 1. The van der Waals surface area contributed by atoms with Crippen molar-refractivity contribution in [2.24, 2.45) is 0 Å². The van der Waals surface area contributed by atoms with E-state index in [0.717, 1.165) is 39.8 Å². The Labute approximate surface area is 181 Å². The molecule has 29 heavy (non-hydrogen) atoms. The van der Waals surface area contributed by atoms with Gasteiger partial charge in [-0.3, -0.25) is 9.78 Å². The van der Waals surface area contributed by atoms with Crippen molar-refractivity contribution in [3.05, 3.63) is 75.7 Å². The van der Waals surface area contributed by atoms with Crippen molar-refractivity contribution in [2.75, 3.05) is 5.32 Å². The minimum Gasteiger partial charge on any atom is -0.328 e. The first-order chi connectivity index (χ1) is 14.2. The minimum absolute atomic E-state index is 0.188. The lowest BCUT2D eigenvalue weighted by Crippen LogP contribution is -2.31. The van der Waals surface area contributed by atoms with Gasteiger partial charge in [-0.15, -0.1) is 5.10 Å². The number of rotatable bonds is 4. The summed E-state index contributed by atoms with van der Waals surface area (Å²) in [6, 6.07) is 13.7. The van der Waals surface area contributed by atoms with E-state index in [-0.39, 0.29) is 11.8 Å². The second-order valence-corrected chi connectivity index (χ2v) is 8.88. The zero-order valence-corrected chi connectivity index (χ0v) is 17.9. The van der Waals surface area contributed by atoms with Gasteiger partial charge in [-0.1, -0.05) is 45.9 Å². The van der Waals surface area contributed by atoms with Crippen LogP contribution in [0.15, 0.2) is 69.6 Å². The lowest BCUT2D eigenvalue weighted by atomic mass is 9.85. The molecule has 1 N–H and O–H groups in total. The second-order valence-electron chi connectivity index (χ2n) is 7.02. The van der Waals surface area contributed by atoms with Gasteiger partial charge in [0, 0.05) is 34.1 Å². The molecule has 146 valence electrons. The maximum Gasteiger partial charge on any atom is 0.227 e. The van der Waals surface area contributed by atoms with Crippen molar-refractivity contribution >= 4 is 39.4 Å². The fourth-order valence-electron chi connectivity index (χ4n) is 3.80. The molecule has 6 nitrogen and oxygen atoms in total. The zero-order valence-electron chi connectivity index (χ0n) is 15.5. The van der Waals surface area contributed by atoms with Gasteiger partial charge in [-0.2, -0.15) is 4.98 Å². The summed E-state index contributed by atoms with van der Waals surface area (Å²) in [5.74, 6) is 1.57. The molecule has 3 heterocycles. The molecule has 0 fully saturated rings. The number of anilines is 1. The van der Waals surface area contributed by atoms with E-state index >= 15 is 0 Å². The first-order valence-electron chi connectivity index (χ1n) is 9.47. The third-order valence-corrected chi connectivity index (χ3v) is 6.45. The van der Waals surface area contributed by atoms with Crippen LogP contribution in [0.2, 0.25) is 0 Å². The van der Waals surface area contributed by atoms with Crippen molar-refractivity contribution in [2.45, 2.75) is 36.2 Å². The van der Waals surface area contributed by atoms with Crippen molar-refractivity contribution in [1.82, 2.24) is 19.7 Å². The van der Waals surface area contributed by atoms with Crippen LogP contribution in [0.25, 0.3) is 0 Å². The number of nitrogens with one attached hydrogen (secondary N) is 1. The van der Waals surface area contributed by atoms with Crippen molar-refractivity contribution in [3.63, 3.8) is 0 Å². The fourth-order valence-corrected chi connectivity index (χ4v) is 4.97. The lowest BCUT2D eigenvalue weighted by Gasteiger charge is -2.32. The number of pyridine rings is 1. The van der Waals surface area contributed by atoms with Gasteiger partial charge >= 0.3 is 0 Å². The molecule has 1 atom stereocenters. The number of carbonyl (C=O) groups excluding carboxylic acids is 1. The number of allylic oxidation sites excluding steroid dienone is 2. The fraction of sp³-hybridized carbons (Fsp3) is 0.238. The van der Waals surface area contributed by atoms with Gasteiger partial charge in [0.05, 0.1) is 5.69 Å². The van der Waals surface area contributed by atoms with E-state index in [1.165, 1.54) is 0 Å². The van der Waals surface area contributed by atoms with E-state index < -0.39 is 0 Å². The molecule has 0 unspecified atom stereocenters. The molecule has 0 bridgehead atoms. The van der Waals surface area contributed by atoms with Crippen LogP contribution in [0.5, 0.6) is 0 Å². The Hall–Kier alpha value is -2.45. The largest absolute Gasteiger partial charge is 0.328 e. The topological polar surface area (TPSA) is 72.7 Å². The van der Waals surface area contributed by atoms with Crippen LogP contribution < -0.4 is 5.32 Å². The molecule has 1 aliphatic heterocycles. The predicted octanol–water partition coefficient (Wildman–Crippen LogP) is 4.75. The Kier molecular flexibility index (Phi) is 4.97. The Morgan fingerprint density at radius 2 is 2.14 bits per heavy atom. The average Bonchev–Trinajstić information content (AvgIpc) is 3.14. The summed E-state index contributed by atoms with van der Waals surface area (Å²) in [6.45, 7) is 0. The summed E-state index contributed by atoms with van der Waals surface area (Å²) in [5, 5.41) is 8.80. The molecule has 0 spiro atoms.